The van der Waals surface area contributed by atoms with Crippen LogP contribution >= 0.6 is 56.8 Å². The summed E-state index contributed by atoms with van der Waals surface area (Å²) in [5.41, 5.74) is 0. The molecule has 19 heavy (non-hydrogen) atoms. The first kappa shape index (κ1) is 18.7. The van der Waals surface area contributed by atoms with Crippen molar-refractivity contribution >= 4 is 56.8 Å². The Balaban J connectivity index is 6.65. The minimum atomic E-state index is -5.42. The summed E-state index contributed by atoms with van der Waals surface area (Å²) in [4.78, 5) is 0. The van der Waals surface area contributed by atoms with Gasteiger partial charge in [-0.25, -0.2) is 0 Å². The molecule has 0 aliphatic rings. The molecule has 0 amide bonds. The fraction of sp³-hybridized carbons (Fsp3) is 0. The van der Waals surface area contributed by atoms with Crippen molar-refractivity contribution in [3.8, 4) is 32.4 Å². The van der Waals surface area contributed by atoms with E-state index in [-0.39, 0.29) is 0 Å². The number of hydrogen-bond donors (Lipinski definition) is 0. The van der Waals surface area contributed by atoms with Crippen LogP contribution < -0.4 is 0 Å². The summed E-state index contributed by atoms with van der Waals surface area (Å²) in [5, 5.41) is 64.6. The Labute approximate surface area is 125 Å². The number of thiocyanates is 6. The summed E-state index contributed by atoms with van der Waals surface area (Å²) < 4.78 is 0. The zero-order valence-corrected chi connectivity index (χ0v) is 15.6. The molecule has 0 aromatic carbocycles. The molecule has 0 bridgehead atoms. The molecular weight excluding hydrogens is 544 g/mol. The van der Waals surface area contributed by atoms with Crippen LogP contribution in [0.3, 0.4) is 0 Å². The molecule has 0 heterocycles. The average molecular weight is 544 g/mol. The van der Waals surface area contributed by atoms with Gasteiger partial charge in [0, 0.05) is 0 Å². The van der Waals surface area contributed by atoms with E-state index >= 15 is 0 Å². The van der Waals surface area contributed by atoms with Gasteiger partial charge in [-0.05, 0) is 0 Å². The molecular formula is C6N6PtS6. The third-order valence-electron chi connectivity index (χ3n) is 0.964. The summed E-state index contributed by atoms with van der Waals surface area (Å²) in [5.74, 6) is -5.42. The molecule has 0 saturated heterocycles. The van der Waals surface area contributed by atoms with Gasteiger partial charge in [0.2, 0.25) is 0 Å². The Morgan fingerprint density at radius 1 is 0.421 bits per heavy atom. The summed E-state index contributed by atoms with van der Waals surface area (Å²) in [6.45, 7) is 0. The van der Waals surface area contributed by atoms with E-state index in [0.717, 1.165) is 0 Å². The van der Waals surface area contributed by atoms with Crippen LogP contribution in [0, 0.1) is 64.0 Å². The monoisotopic (exact) mass is 543 g/mol. The zero-order chi connectivity index (χ0) is 14.9. The molecule has 0 spiro atoms. The van der Waals surface area contributed by atoms with Crippen molar-refractivity contribution in [2.24, 2.45) is 0 Å². The molecule has 6 nitrogen and oxygen atoms in total. The van der Waals surface area contributed by atoms with Crippen molar-refractivity contribution in [3.05, 3.63) is 0 Å². The third-order valence-corrected chi connectivity index (χ3v) is 62.5. The van der Waals surface area contributed by atoms with E-state index in [1.165, 1.54) is 0 Å². The number of nitrogens with zero attached hydrogens (tertiary/aromatic N) is 6. The number of nitriles is 6. The van der Waals surface area contributed by atoms with Gasteiger partial charge in [-0.15, -0.1) is 0 Å². The topological polar surface area (TPSA) is 143 Å². The van der Waals surface area contributed by atoms with Crippen LogP contribution in [0.25, 0.3) is 0 Å². The van der Waals surface area contributed by atoms with Crippen molar-refractivity contribution in [2.75, 3.05) is 0 Å². The second-order valence-electron chi connectivity index (χ2n) is 1.73. The minimum absolute atomic E-state index is 0.532. The van der Waals surface area contributed by atoms with Gasteiger partial charge in [-0.3, -0.25) is 0 Å². The second-order valence-corrected chi connectivity index (χ2v) is 69.4. The molecule has 0 unspecified atom stereocenters. The van der Waals surface area contributed by atoms with Crippen LogP contribution in [0.4, 0.5) is 0 Å². The number of rotatable bonds is 6. The first-order valence-corrected chi connectivity index (χ1v) is 24.0. The fourth-order valence-corrected chi connectivity index (χ4v) is 40.6. The van der Waals surface area contributed by atoms with Crippen molar-refractivity contribution in [1.29, 1.82) is 31.6 Å². The molecule has 0 aliphatic heterocycles. The van der Waals surface area contributed by atoms with Gasteiger partial charge in [0.05, 0.1) is 0 Å². The average Bonchev–Trinajstić information content (AvgIpc) is 2.31. The third kappa shape index (κ3) is 3.44. The normalized spacial score (nSPS) is 12.9. The van der Waals surface area contributed by atoms with E-state index in [1.54, 1.807) is 32.4 Å². The molecule has 13 heteroatoms. The van der Waals surface area contributed by atoms with Crippen molar-refractivity contribution in [2.45, 2.75) is 0 Å². The Kier molecular flexibility index (Phi) is 6.85. The summed E-state index contributed by atoms with van der Waals surface area (Å²) in [6, 6.07) is 0. The quantitative estimate of drug-likeness (QED) is 0.447. The Morgan fingerprint density at radius 2 is 0.579 bits per heavy atom. The van der Waals surface area contributed by atoms with Crippen molar-refractivity contribution in [1.82, 2.24) is 0 Å². The molecule has 0 aliphatic carbocycles. The van der Waals surface area contributed by atoms with Crippen LogP contribution in [-0.4, -0.2) is 0 Å². The summed E-state index contributed by atoms with van der Waals surface area (Å²) >= 11 is 0. The molecule has 0 atom stereocenters. The Morgan fingerprint density at radius 3 is 0.684 bits per heavy atom. The van der Waals surface area contributed by atoms with Crippen LogP contribution in [0.5, 0.6) is 0 Å². The van der Waals surface area contributed by atoms with Gasteiger partial charge in [0.15, 0.2) is 0 Å². The fourth-order valence-electron chi connectivity index (χ4n) is 0.551. The maximum absolute atomic E-state index is 9.01. The van der Waals surface area contributed by atoms with Crippen LogP contribution in [-0.2, 0) is 5.89 Å². The van der Waals surface area contributed by atoms with E-state index in [2.05, 4.69) is 0 Å². The molecule has 0 aromatic rings. The molecule has 0 radical (unpaired) electrons. The van der Waals surface area contributed by atoms with Crippen LogP contribution in [0.15, 0.2) is 0 Å². The first-order valence-electron chi connectivity index (χ1n) is 3.34. The predicted octanol–water partition coefficient (Wildman–Crippen LogP) is 3.99. The SMILES string of the molecule is N#C[S][Pt]([S]C#N)([S]C#N)([S]C#N)([S]C#N)[S]C#N. The van der Waals surface area contributed by atoms with Crippen LogP contribution in [0.2, 0.25) is 0 Å². The first-order chi connectivity index (χ1) is 8.97. The molecule has 100 valence electrons. The number of hydrogen-bond acceptors (Lipinski definition) is 12. The van der Waals surface area contributed by atoms with E-state index in [1.807, 2.05) is 0 Å². The molecule has 0 N–H and O–H groups in total. The Bertz CT molecular complexity index is 475. The standard InChI is InChI=1S/6CHNS.Pt/c6*2-1-3;/h6*3H;/q;;;;;;+6/p-6. The molecule has 0 aromatic heterocycles. The Hall–Kier alpha value is -0.272. The van der Waals surface area contributed by atoms with Crippen molar-refractivity contribution in [3.63, 3.8) is 0 Å². The van der Waals surface area contributed by atoms with Crippen molar-refractivity contribution < 1.29 is 5.89 Å². The zero-order valence-electron chi connectivity index (χ0n) is 8.45. The molecule has 0 rings (SSSR count). The molecule has 0 saturated carbocycles. The van der Waals surface area contributed by atoms with Crippen LogP contribution in [0.1, 0.15) is 0 Å². The van der Waals surface area contributed by atoms with Gasteiger partial charge < -0.3 is 0 Å². The maximum atomic E-state index is 9.01. The van der Waals surface area contributed by atoms with Gasteiger partial charge in [0.1, 0.15) is 0 Å². The summed E-state index contributed by atoms with van der Waals surface area (Å²) in [7, 11) is 3.19. The van der Waals surface area contributed by atoms with E-state index in [0.29, 0.717) is 56.8 Å². The summed E-state index contributed by atoms with van der Waals surface area (Å²) in [6.07, 6.45) is 0. The van der Waals surface area contributed by atoms with E-state index in [4.69, 9.17) is 31.6 Å². The molecule has 0 fully saturated rings. The predicted molar refractivity (Wildman–Crippen MR) is 79.2 cm³/mol. The van der Waals surface area contributed by atoms with E-state index in [9.17, 15) is 0 Å². The second kappa shape index (κ2) is 6.94. The van der Waals surface area contributed by atoms with E-state index < -0.39 is 5.89 Å². The van der Waals surface area contributed by atoms with Gasteiger partial charge in [-0.1, -0.05) is 0 Å². The van der Waals surface area contributed by atoms with Gasteiger partial charge in [0.25, 0.3) is 0 Å². The van der Waals surface area contributed by atoms with Gasteiger partial charge in [-0.2, -0.15) is 0 Å². The van der Waals surface area contributed by atoms with Gasteiger partial charge >= 0.3 is 127 Å².